The highest BCUT2D eigenvalue weighted by Gasteiger charge is 2.28. The van der Waals surface area contributed by atoms with Crippen LogP contribution in [0.3, 0.4) is 0 Å². The van der Waals surface area contributed by atoms with Crippen molar-refractivity contribution in [2.45, 2.75) is 72.1 Å². The monoisotopic (exact) mass is 476 g/mol. The van der Waals surface area contributed by atoms with E-state index in [0.717, 1.165) is 93.1 Å². The topological polar surface area (TPSA) is 67.2 Å². The minimum absolute atomic E-state index is 0.151. The molecule has 2 atom stereocenters. The highest BCUT2D eigenvalue weighted by atomic mass is 16.2. The van der Waals surface area contributed by atoms with Crippen LogP contribution in [0, 0.1) is 5.92 Å². The molecular weight excluding hydrogens is 436 g/mol. The minimum Gasteiger partial charge on any atom is -0.352 e. The Morgan fingerprint density at radius 3 is 2.37 bits per heavy atom. The van der Waals surface area contributed by atoms with E-state index in [2.05, 4.69) is 49.6 Å². The van der Waals surface area contributed by atoms with Gasteiger partial charge in [-0.2, -0.15) is 5.10 Å². The number of amides is 1. The molecule has 1 aromatic carbocycles. The molecule has 3 aromatic rings. The maximum atomic E-state index is 13.1. The van der Waals surface area contributed by atoms with Crippen LogP contribution in [0.4, 0.5) is 5.82 Å². The van der Waals surface area contributed by atoms with Gasteiger partial charge in [0.05, 0.1) is 17.3 Å². The van der Waals surface area contributed by atoms with E-state index in [1.54, 1.807) is 0 Å². The molecule has 4 rings (SSSR count). The van der Waals surface area contributed by atoms with E-state index in [0.29, 0.717) is 5.91 Å². The van der Waals surface area contributed by atoms with Gasteiger partial charge in [-0.15, -0.1) is 0 Å². The second kappa shape index (κ2) is 11.6. The van der Waals surface area contributed by atoms with Crippen molar-refractivity contribution in [1.29, 1.82) is 0 Å². The fourth-order valence-electron chi connectivity index (χ4n) is 5.04. The zero-order valence-corrected chi connectivity index (χ0v) is 21.8. The molecule has 2 aromatic heterocycles. The van der Waals surface area contributed by atoms with Gasteiger partial charge in [-0.05, 0) is 31.4 Å². The van der Waals surface area contributed by atoms with Gasteiger partial charge in [0.2, 0.25) is 5.91 Å². The summed E-state index contributed by atoms with van der Waals surface area (Å²) in [4.78, 5) is 27.6. The van der Waals surface area contributed by atoms with Gasteiger partial charge in [0, 0.05) is 38.0 Å². The van der Waals surface area contributed by atoms with Gasteiger partial charge >= 0.3 is 0 Å². The summed E-state index contributed by atoms with van der Waals surface area (Å²) in [6.07, 6.45) is 8.19. The summed E-state index contributed by atoms with van der Waals surface area (Å²) < 4.78 is 1.92. The number of nitrogens with zero attached hydrogens (tertiary/aromatic N) is 6. The third kappa shape index (κ3) is 5.49. The fraction of sp³-hybridized carbons (Fsp3) is 0.571. The predicted molar refractivity (Wildman–Crippen MR) is 142 cm³/mol. The van der Waals surface area contributed by atoms with Crippen molar-refractivity contribution in [3.8, 4) is 5.69 Å². The van der Waals surface area contributed by atoms with Crippen LogP contribution in [0.1, 0.15) is 78.0 Å². The van der Waals surface area contributed by atoms with Crippen molar-refractivity contribution in [1.82, 2.24) is 24.6 Å². The van der Waals surface area contributed by atoms with Gasteiger partial charge in [-0.1, -0.05) is 65.2 Å². The first-order valence-electron chi connectivity index (χ1n) is 13.4. The predicted octanol–water partition coefficient (Wildman–Crippen LogP) is 5.58. The molecule has 1 amide bonds. The Kier molecular flexibility index (Phi) is 8.37. The maximum absolute atomic E-state index is 13.1. The number of para-hydroxylation sites is 1. The van der Waals surface area contributed by atoms with E-state index >= 15 is 0 Å². The zero-order chi connectivity index (χ0) is 24.8. The lowest BCUT2D eigenvalue weighted by Crippen LogP contribution is -2.50. The molecule has 1 fully saturated rings. The average Bonchev–Trinajstić information content (AvgIpc) is 3.33. The second-order valence-electron chi connectivity index (χ2n) is 9.78. The Morgan fingerprint density at radius 2 is 1.71 bits per heavy atom. The van der Waals surface area contributed by atoms with Crippen LogP contribution in [0.25, 0.3) is 16.7 Å². The third-order valence-electron chi connectivity index (χ3n) is 7.23. The molecule has 0 bridgehead atoms. The van der Waals surface area contributed by atoms with Gasteiger partial charge in [-0.3, -0.25) is 4.79 Å². The molecule has 0 spiro atoms. The fourth-order valence-corrected chi connectivity index (χ4v) is 5.04. The van der Waals surface area contributed by atoms with Crippen LogP contribution < -0.4 is 4.90 Å². The molecule has 7 heteroatoms. The van der Waals surface area contributed by atoms with Crippen molar-refractivity contribution in [3.05, 3.63) is 42.4 Å². The van der Waals surface area contributed by atoms with Crippen molar-refractivity contribution in [3.63, 3.8) is 0 Å². The molecule has 0 unspecified atom stereocenters. The van der Waals surface area contributed by atoms with Gasteiger partial charge in [0.25, 0.3) is 0 Å². The van der Waals surface area contributed by atoms with E-state index in [-0.39, 0.29) is 11.8 Å². The summed E-state index contributed by atoms with van der Waals surface area (Å²) in [6.45, 7) is 11.8. The lowest BCUT2D eigenvalue weighted by atomic mass is 9.97. The number of hydrogen-bond donors (Lipinski definition) is 0. The SMILES string of the molecule is CCCC[C@H](CC)C(=O)N1CCN(c2nc([C@H](C)CCC)nc3c2cnn3-c2ccccc2)CC1. The Labute approximate surface area is 209 Å². The number of anilines is 1. The van der Waals surface area contributed by atoms with Crippen molar-refractivity contribution in [2.24, 2.45) is 5.92 Å². The molecule has 0 saturated carbocycles. The molecule has 0 aliphatic carbocycles. The normalized spacial score (nSPS) is 16.0. The van der Waals surface area contributed by atoms with Crippen LogP contribution in [0.5, 0.6) is 0 Å². The molecule has 1 saturated heterocycles. The van der Waals surface area contributed by atoms with Crippen LogP contribution in [0.2, 0.25) is 0 Å². The molecule has 3 heterocycles. The molecular formula is C28H40N6O. The largest absolute Gasteiger partial charge is 0.352 e. The number of carbonyl (C=O) groups excluding carboxylic acids is 1. The quantitative estimate of drug-likeness (QED) is 0.382. The third-order valence-corrected chi connectivity index (χ3v) is 7.23. The highest BCUT2D eigenvalue weighted by Crippen LogP contribution is 2.30. The minimum atomic E-state index is 0.151. The molecule has 0 N–H and O–H groups in total. The molecule has 0 radical (unpaired) electrons. The lowest BCUT2D eigenvalue weighted by molar-refractivity contribution is -0.136. The summed E-state index contributed by atoms with van der Waals surface area (Å²) in [5.41, 5.74) is 1.85. The van der Waals surface area contributed by atoms with E-state index in [9.17, 15) is 4.79 Å². The second-order valence-corrected chi connectivity index (χ2v) is 9.78. The zero-order valence-electron chi connectivity index (χ0n) is 21.8. The number of hydrogen-bond acceptors (Lipinski definition) is 5. The van der Waals surface area contributed by atoms with Gasteiger partial charge in [0.1, 0.15) is 11.6 Å². The lowest BCUT2D eigenvalue weighted by Gasteiger charge is -2.37. The van der Waals surface area contributed by atoms with E-state index in [4.69, 9.17) is 15.1 Å². The van der Waals surface area contributed by atoms with Crippen LogP contribution in [-0.2, 0) is 4.79 Å². The summed E-state index contributed by atoms with van der Waals surface area (Å²) in [7, 11) is 0. The van der Waals surface area contributed by atoms with Crippen molar-refractivity contribution >= 4 is 22.8 Å². The first-order chi connectivity index (χ1) is 17.1. The Morgan fingerprint density at radius 1 is 0.971 bits per heavy atom. The smallest absolute Gasteiger partial charge is 0.225 e. The Balaban J connectivity index is 1.61. The summed E-state index contributed by atoms with van der Waals surface area (Å²) in [6, 6.07) is 10.2. The molecule has 35 heavy (non-hydrogen) atoms. The average molecular weight is 477 g/mol. The summed E-state index contributed by atoms with van der Waals surface area (Å²) >= 11 is 0. The van der Waals surface area contributed by atoms with Gasteiger partial charge < -0.3 is 9.80 Å². The number of aromatic nitrogens is 4. The Hall–Kier alpha value is -2.96. The number of piperazine rings is 1. The first-order valence-corrected chi connectivity index (χ1v) is 13.4. The van der Waals surface area contributed by atoms with Crippen molar-refractivity contribution in [2.75, 3.05) is 31.1 Å². The highest BCUT2D eigenvalue weighted by molar-refractivity contribution is 5.88. The maximum Gasteiger partial charge on any atom is 0.225 e. The molecule has 1 aliphatic heterocycles. The van der Waals surface area contributed by atoms with E-state index in [1.165, 1.54) is 0 Å². The van der Waals surface area contributed by atoms with Gasteiger partial charge in [-0.25, -0.2) is 14.6 Å². The first kappa shape index (κ1) is 25.1. The standard InChI is InChI=1S/C28H40N6O/c1-5-8-13-22(7-3)28(35)33-18-16-32(17-19-33)26-24-20-29-34(23-14-10-9-11-15-23)27(24)31-25(30-26)21(4)12-6-2/h9-11,14-15,20-22H,5-8,12-13,16-19H2,1-4H3/t21-,22+/m1/s1. The van der Waals surface area contributed by atoms with E-state index < -0.39 is 0 Å². The molecule has 1 aliphatic rings. The van der Waals surface area contributed by atoms with Crippen LogP contribution in [0.15, 0.2) is 36.5 Å². The number of unbranched alkanes of at least 4 members (excludes halogenated alkanes) is 1. The number of rotatable bonds is 10. The van der Waals surface area contributed by atoms with Gasteiger partial charge in [0.15, 0.2) is 5.65 Å². The number of carbonyl (C=O) groups is 1. The molecule has 188 valence electrons. The van der Waals surface area contributed by atoms with Crippen LogP contribution in [-0.4, -0.2) is 56.7 Å². The number of fused-ring (bicyclic) bond motifs is 1. The Bertz CT molecular complexity index is 1100. The molecule has 7 nitrogen and oxygen atoms in total. The summed E-state index contributed by atoms with van der Waals surface area (Å²) in [5.74, 6) is 2.56. The van der Waals surface area contributed by atoms with Crippen molar-refractivity contribution < 1.29 is 4.79 Å². The number of benzene rings is 1. The summed E-state index contributed by atoms with van der Waals surface area (Å²) in [5, 5.41) is 5.66. The van der Waals surface area contributed by atoms with E-state index in [1.807, 2.05) is 29.1 Å². The van der Waals surface area contributed by atoms with Crippen LogP contribution >= 0.6 is 0 Å².